The summed E-state index contributed by atoms with van der Waals surface area (Å²) >= 11 is 0. The van der Waals surface area contributed by atoms with Crippen LogP contribution < -0.4 is 4.72 Å². The van der Waals surface area contributed by atoms with Gasteiger partial charge in [0, 0.05) is 11.1 Å². The first-order chi connectivity index (χ1) is 11.6. The molecule has 8 heteroatoms. The maximum atomic E-state index is 12.8. The maximum absolute atomic E-state index is 12.8. The quantitative estimate of drug-likeness (QED) is 0.709. The van der Waals surface area contributed by atoms with E-state index in [2.05, 4.69) is 9.71 Å². The highest BCUT2D eigenvalue weighted by molar-refractivity contribution is 7.92. The minimum Gasteiger partial charge on any atom is -0.357 e. The van der Waals surface area contributed by atoms with Gasteiger partial charge in [-0.3, -0.25) is 4.72 Å². The number of rotatable bonds is 3. The fourth-order valence-electron chi connectivity index (χ4n) is 2.61. The third kappa shape index (κ3) is 3.21. The Balaban J connectivity index is 2.05. The number of H-pyrrole nitrogens is 1. The van der Waals surface area contributed by atoms with Crippen LogP contribution >= 0.6 is 0 Å². The van der Waals surface area contributed by atoms with Crippen molar-refractivity contribution in [2.45, 2.75) is 24.9 Å². The third-order valence-corrected chi connectivity index (χ3v) is 5.42. The van der Waals surface area contributed by atoms with Gasteiger partial charge in [-0.25, -0.2) is 8.42 Å². The second kappa shape index (κ2) is 5.80. The molecule has 1 heterocycles. The van der Waals surface area contributed by atoms with Gasteiger partial charge in [0.15, 0.2) is 0 Å². The number of para-hydroxylation sites is 1. The molecule has 3 aromatic rings. The normalized spacial score (nSPS) is 12.5. The molecule has 2 N–H and O–H groups in total. The first-order valence-electron chi connectivity index (χ1n) is 7.37. The lowest BCUT2D eigenvalue weighted by Gasteiger charge is -2.11. The summed E-state index contributed by atoms with van der Waals surface area (Å²) in [5, 5.41) is 0.849. The number of nitrogens with one attached hydrogen (secondary N) is 2. The Hall–Kier alpha value is -2.48. The van der Waals surface area contributed by atoms with Crippen molar-refractivity contribution in [1.82, 2.24) is 4.98 Å². The summed E-state index contributed by atoms with van der Waals surface area (Å²) in [6, 6.07) is 8.74. The zero-order valence-corrected chi connectivity index (χ0v) is 14.2. The molecule has 0 atom stereocenters. The molecule has 1 aromatic heterocycles. The Bertz CT molecular complexity index is 1050. The number of aryl methyl sites for hydroxylation is 2. The SMILES string of the molecule is Cc1[nH]c2c(NS(=O)(=O)c3cccc(C(F)(F)F)c3)cccc2c1C. The van der Waals surface area contributed by atoms with E-state index in [-0.39, 0.29) is 5.69 Å². The summed E-state index contributed by atoms with van der Waals surface area (Å²) in [6.07, 6.45) is -4.61. The van der Waals surface area contributed by atoms with Crippen LogP contribution in [0.3, 0.4) is 0 Å². The Morgan fingerprint density at radius 3 is 2.40 bits per heavy atom. The van der Waals surface area contributed by atoms with Crippen LogP contribution in [0.15, 0.2) is 47.4 Å². The molecule has 4 nitrogen and oxygen atoms in total. The molecule has 0 bridgehead atoms. The molecule has 3 rings (SSSR count). The predicted molar refractivity (Wildman–Crippen MR) is 90.0 cm³/mol. The molecule has 0 aliphatic rings. The van der Waals surface area contributed by atoms with E-state index in [1.807, 2.05) is 19.9 Å². The first-order valence-corrected chi connectivity index (χ1v) is 8.86. The summed E-state index contributed by atoms with van der Waals surface area (Å²) < 4.78 is 65.9. The Labute approximate surface area is 142 Å². The van der Waals surface area contributed by atoms with Crippen LogP contribution in [-0.2, 0) is 16.2 Å². The topological polar surface area (TPSA) is 62.0 Å². The van der Waals surface area contributed by atoms with Crippen molar-refractivity contribution in [3.8, 4) is 0 Å². The molecule has 0 amide bonds. The van der Waals surface area contributed by atoms with Crippen molar-refractivity contribution in [3.05, 3.63) is 59.3 Å². The molecule has 2 aromatic carbocycles. The molecule has 0 saturated carbocycles. The molecular weight excluding hydrogens is 353 g/mol. The molecule has 0 unspecified atom stereocenters. The van der Waals surface area contributed by atoms with Gasteiger partial charge in [-0.15, -0.1) is 0 Å². The summed E-state index contributed by atoms with van der Waals surface area (Å²) in [4.78, 5) is 2.65. The first kappa shape index (κ1) is 17.3. The minimum atomic E-state index is -4.61. The van der Waals surface area contributed by atoms with Gasteiger partial charge in [0.05, 0.1) is 21.7 Å². The van der Waals surface area contributed by atoms with E-state index in [1.165, 1.54) is 0 Å². The summed E-state index contributed by atoms with van der Waals surface area (Å²) in [6.45, 7) is 3.76. The molecule has 132 valence electrons. The van der Waals surface area contributed by atoms with Gasteiger partial charge in [-0.1, -0.05) is 18.2 Å². The highest BCUT2D eigenvalue weighted by Gasteiger charge is 2.31. The van der Waals surface area contributed by atoms with Crippen molar-refractivity contribution in [2.75, 3.05) is 4.72 Å². The van der Waals surface area contributed by atoms with Gasteiger partial charge >= 0.3 is 6.18 Å². The number of aromatic nitrogens is 1. The number of anilines is 1. The third-order valence-electron chi connectivity index (χ3n) is 4.06. The molecule has 0 aliphatic heterocycles. The standard InChI is InChI=1S/C17H15F3N2O2S/c1-10-11(2)21-16-14(10)7-4-8-15(16)22-25(23,24)13-6-3-5-12(9-13)17(18,19)20/h3-9,21-22H,1-2H3. The Kier molecular flexibility index (Phi) is 4.03. The maximum Gasteiger partial charge on any atom is 0.416 e. The highest BCUT2D eigenvalue weighted by Crippen LogP contribution is 2.32. The van der Waals surface area contributed by atoms with Gasteiger partial charge in [0.25, 0.3) is 10.0 Å². The largest absolute Gasteiger partial charge is 0.416 e. The van der Waals surface area contributed by atoms with Crippen molar-refractivity contribution < 1.29 is 21.6 Å². The second-order valence-electron chi connectivity index (χ2n) is 5.73. The van der Waals surface area contributed by atoms with Crippen LogP contribution in [0.4, 0.5) is 18.9 Å². The van der Waals surface area contributed by atoms with Gasteiger partial charge in [0.2, 0.25) is 0 Å². The molecule has 0 saturated heterocycles. The van der Waals surface area contributed by atoms with E-state index in [9.17, 15) is 21.6 Å². The molecule has 0 aliphatic carbocycles. The minimum absolute atomic E-state index is 0.283. The average Bonchev–Trinajstić information content (AvgIpc) is 2.83. The Morgan fingerprint density at radius 1 is 1.04 bits per heavy atom. The van der Waals surface area contributed by atoms with Crippen LogP contribution in [0.25, 0.3) is 10.9 Å². The summed E-state index contributed by atoms with van der Waals surface area (Å²) in [7, 11) is -4.16. The predicted octanol–water partition coefficient (Wildman–Crippen LogP) is 4.60. The van der Waals surface area contributed by atoms with E-state index in [4.69, 9.17) is 0 Å². The van der Waals surface area contributed by atoms with E-state index >= 15 is 0 Å². The monoisotopic (exact) mass is 368 g/mol. The molecule has 0 radical (unpaired) electrons. The highest BCUT2D eigenvalue weighted by atomic mass is 32.2. The number of aromatic amines is 1. The van der Waals surface area contributed by atoms with Crippen molar-refractivity contribution >= 4 is 26.6 Å². The lowest BCUT2D eigenvalue weighted by Crippen LogP contribution is -2.14. The zero-order chi connectivity index (χ0) is 18.4. The van der Waals surface area contributed by atoms with E-state index < -0.39 is 26.7 Å². The van der Waals surface area contributed by atoms with Crippen molar-refractivity contribution in [2.24, 2.45) is 0 Å². The van der Waals surface area contributed by atoms with E-state index in [0.29, 0.717) is 11.6 Å². The Morgan fingerprint density at radius 2 is 1.72 bits per heavy atom. The fourth-order valence-corrected chi connectivity index (χ4v) is 3.73. The summed E-state index contributed by atoms with van der Waals surface area (Å²) in [5.74, 6) is 0. The van der Waals surface area contributed by atoms with Crippen LogP contribution in [0, 0.1) is 13.8 Å². The number of hydrogen-bond acceptors (Lipinski definition) is 2. The van der Waals surface area contributed by atoms with Crippen LogP contribution in [0.5, 0.6) is 0 Å². The van der Waals surface area contributed by atoms with Crippen LogP contribution in [-0.4, -0.2) is 13.4 Å². The lowest BCUT2D eigenvalue weighted by molar-refractivity contribution is -0.137. The van der Waals surface area contributed by atoms with Gasteiger partial charge < -0.3 is 4.98 Å². The second-order valence-corrected chi connectivity index (χ2v) is 7.42. The number of hydrogen-bond donors (Lipinski definition) is 2. The zero-order valence-electron chi connectivity index (χ0n) is 13.4. The van der Waals surface area contributed by atoms with Crippen LogP contribution in [0.1, 0.15) is 16.8 Å². The summed E-state index contributed by atoms with van der Waals surface area (Å²) in [5.41, 5.74) is 1.73. The van der Waals surface area contributed by atoms with E-state index in [1.54, 1.807) is 12.1 Å². The number of alkyl halides is 3. The van der Waals surface area contributed by atoms with Crippen LogP contribution in [0.2, 0.25) is 0 Å². The number of halogens is 3. The smallest absolute Gasteiger partial charge is 0.357 e. The van der Waals surface area contributed by atoms with Gasteiger partial charge in [-0.05, 0) is 43.7 Å². The van der Waals surface area contributed by atoms with Crippen molar-refractivity contribution in [1.29, 1.82) is 0 Å². The molecule has 25 heavy (non-hydrogen) atoms. The molecular formula is C17H15F3N2O2S. The van der Waals surface area contributed by atoms with Crippen molar-refractivity contribution in [3.63, 3.8) is 0 Å². The lowest BCUT2D eigenvalue weighted by atomic mass is 10.1. The fraction of sp³-hybridized carbons (Fsp3) is 0.176. The molecule has 0 fully saturated rings. The average molecular weight is 368 g/mol. The van der Waals surface area contributed by atoms with E-state index in [0.717, 1.165) is 34.8 Å². The number of fused-ring (bicyclic) bond motifs is 1. The molecule has 0 spiro atoms. The van der Waals surface area contributed by atoms with Gasteiger partial charge in [0.1, 0.15) is 0 Å². The number of sulfonamides is 1. The number of benzene rings is 2. The van der Waals surface area contributed by atoms with Gasteiger partial charge in [-0.2, -0.15) is 13.2 Å².